The van der Waals surface area contributed by atoms with E-state index in [9.17, 15) is 0 Å². The number of likely N-dealkylation sites (tertiary alicyclic amines) is 1. The van der Waals surface area contributed by atoms with Crippen molar-refractivity contribution >= 4 is 0 Å². The van der Waals surface area contributed by atoms with E-state index < -0.39 is 0 Å². The van der Waals surface area contributed by atoms with Crippen LogP contribution in [0, 0.1) is 11.8 Å². The van der Waals surface area contributed by atoms with E-state index >= 15 is 0 Å². The van der Waals surface area contributed by atoms with Crippen molar-refractivity contribution in [2.24, 2.45) is 11.8 Å². The van der Waals surface area contributed by atoms with Crippen LogP contribution < -0.4 is 5.32 Å². The van der Waals surface area contributed by atoms with Gasteiger partial charge in [0.1, 0.15) is 0 Å². The van der Waals surface area contributed by atoms with Crippen molar-refractivity contribution in [3.8, 4) is 0 Å². The normalized spacial score (nSPS) is 19.9. The standard InChI is InChI=1S/C18H30N2/c1-15(2)12-19-10-8-17-4-6-18(7-5-17)14-20-11-9-16(3)13-20/h4-7,15-16,19H,8-14H2,1-3H3. The molecule has 1 aliphatic rings. The maximum absolute atomic E-state index is 3.50. The molecule has 0 amide bonds. The molecular weight excluding hydrogens is 244 g/mol. The van der Waals surface area contributed by atoms with Gasteiger partial charge < -0.3 is 5.32 Å². The molecule has 0 aliphatic carbocycles. The average Bonchev–Trinajstić information content (AvgIpc) is 2.82. The van der Waals surface area contributed by atoms with E-state index in [1.165, 1.54) is 30.6 Å². The van der Waals surface area contributed by atoms with Crippen molar-refractivity contribution in [3.63, 3.8) is 0 Å². The second kappa shape index (κ2) is 7.80. The lowest BCUT2D eigenvalue weighted by atomic mass is 10.1. The number of nitrogens with zero attached hydrogens (tertiary/aromatic N) is 1. The first-order valence-corrected chi connectivity index (χ1v) is 8.14. The van der Waals surface area contributed by atoms with Gasteiger partial charge in [0.25, 0.3) is 0 Å². The fraction of sp³-hybridized carbons (Fsp3) is 0.667. The third-order valence-corrected chi connectivity index (χ3v) is 4.08. The van der Waals surface area contributed by atoms with Crippen molar-refractivity contribution in [3.05, 3.63) is 35.4 Å². The summed E-state index contributed by atoms with van der Waals surface area (Å²) in [6.07, 6.45) is 2.49. The van der Waals surface area contributed by atoms with Crippen LogP contribution in [0.5, 0.6) is 0 Å². The van der Waals surface area contributed by atoms with Crippen molar-refractivity contribution in [2.45, 2.75) is 40.2 Å². The number of nitrogens with one attached hydrogen (secondary N) is 1. The molecule has 1 atom stereocenters. The molecule has 1 N–H and O–H groups in total. The smallest absolute Gasteiger partial charge is 0.0233 e. The summed E-state index contributed by atoms with van der Waals surface area (Å²) in [5.74, 6) is 1.61. The van der Waals surface area contributed by atoms with Gasteiger partial charge in [-0.25, -0.2) is 0 Å². The minimum absolute atomic E-state index is 0.736. The van der Waals surface area contributed by atoms with Gasteiger partial charge in [-0.3, -0.25) is 4.90 Å². The first-order chi connectivity index (χ1) is 9.63. The molecule has 1 unspecified atom stereocenters. The maximum atomic E-state index is 3.50. The molecule has 0 radical (unpaired) electrons. The van der Waals surface area contributed by atoms with Gasteiger partial charge in [-0.15, -0.1) is 0 Å². The Morgan fingerprint density at radius 3 is 2.50 bits per heavy atom. The fourth-order valence-corrected chi connectivity index (χ4v) is 2.86. The quantitative estimate of drug-likeness (QED) is 0.767. The Morgan fingerprint density at radius 2 is 1.90 bits per heavy atom. The predicted molar refractivity (Wildman–Crippen MR) is 86.9 cm³/mol. The fourth-order valence-electron chi connectivity index (χ4n) is 2.86. The lowest BCUT2D eigenvalue weighted by Gasteiger charge is -2.15. The van der Waals surface area contributed by atoms with Gasteiger partial charge in [-0.1, -0.05) is 45.0 Å². The van der Waals surface area contributed by atoms with E-state index in [-0.39, 0.29) is 0 Å². The van der Waals surface area contributed by atoms with Crippen LogP contribution in [-0.2, 0) is 13.0 Å². The first kappa shape index (κ1) is 15.5. The monoisotopic (exact) mass is 274 g/mol. The third kappa shape index (κ3) is 5.26. The van der Waals surface area contributed by atoms with Crippen molar-refractivity contribution in [1.29, 1.82) is 0 Å². The van der Waals surface area contributed by atoms with Crippen LogP contribution in [0.25, 0.3) is 0 Å². The summed E-state index contributed by atoms with van der Waals surface area (Å²) >= 11 is 0. The first-order valence-electron chi connectivity index (χ1n) is 8.14. The van der Waals surface area contributed by atoms with Gasteiger partial charge >= 0.3 is 0 Å². The predicted octanol–water partition coefficient (Wildman–Crippen LogP) is 3.32. The zero-order valence-electron chi connectivity index (χ0n) is 13.4. The van der Waals surface area contributed by atoms with Gasteiger partial charge in [0, 0.05) is 13.1 Å². The maximum Gasteiger partial charge on any atom is 0.0233 e. The van der Waals surface area contributed by atoms with E-state index in [1.54, 1.807) is 0 Å². The number of hydrogen-bond donors (Lipinski definition) is 1. The highest BCUT2D eigenvalue weighted by Crippen LogP contribution is 2.18. The van der Waals surface area contributed by atoms with E-state index in [2.05, 4.69) is 55.3 Å². The van der Waals surface area contributed by atoms with E-state index in [0.29, 0.717) is 0 Å². The largest absolute Gasteiger partial charge is 0.316 e. The highest BCUT2D eigenvalue weighted by molar-refractivity contribution is 5.22. The van der Waals surface area contributed by atoms with Gasteiger partial charge in [0.15, 0.2) is 0 Å². The van der Waals surface area contributed by atoms with E-state index in [4.69, 9.17) is 0 Å². The van der Waals surface area contributed by atoms with Crippen LogP contribution >= 0.6 is 0 Å². The molecule has 112 valence electrons. The molecule has 1 saturated heterocycles. The SMILES string of the molecule is CC(C)CNCCc1ccc(CN2CCC(C)C2)cc1. The third-order valence-electron chi connectivity index (χ3n) is 4.08. The van der Waals surface area contributed by atoms with E-state index in [1.807, 2.05) is 0 Å². The Labute approximate surface area is 124 Å². The Morgan fingerprint density at radius 1 is 1.20 bits per heavy atom. The van der Waals surface area contributed by atoms with Crippen LogP contribution in [0.15, 0.2) is 24.3 Å². The van der Waals surface area contributed by atoms with Gasteiger partial charge in [0.05, 0.1) is 0 Å². The molecule has 1 heterocycles. The summed E-state index contributed by atoms with van der Waals surface area (Å²) < 4.78 is 0. The molecule has 1 aliphatic heterocycles. The molecule has 0 saturated carbocycles. The number of rotatable bonds is 7. The summed E-state index contributed by atoms with van der Waals surface area (Å²) in [5.41, 5.74) is 2.90. The molecule has 1 aromatic rings. The summed E-state index contributed by atoms with van der Waals surface area (Å²) in [6, 6.07) is 9.21. The van der Waals surface area contributed by atoms with Crippen molar-refractivity contribution in [1.82, 2.24) is 10.2 Å². The van der Waals surface area contributed by atoms with Crippen LogP contribution in [0.2, 0.25) is 0 Å². The van der Waals surface area contributed by atoms with E-state index in [0.717, 1.165) is 37.9 Å². The van der Waals surface area contributed by atoms with Crippen molar-refractivity contribution < 1.29 is 0 Å². The summed E-state index contributed by atoms with van der Waals surface area (Å²) in [5, 5.41) is 3.50. The Kier molecular flexibility index (Phi) is 6.06. The van der Waals surface area contributed by atoms with Crippen molar-refractivity contribution in [2.75, 3.05) is 26.2 Å². The summed E-state index contributed by atoms with van der Waals surface area (Å²) in [6.45, 7) is 12.7. The molecule has 2 rings (SSSR count). The van der Waals surface area contributed by atoms with Gasteiger partial charge in [0.2, 0.25) is 0 Å². The lowest BCUT2D eigenvalue weighted by Crippen LogP contribution is -2.22. The Bertz CT molecular complexity index is 383. The minimum atomic E-state index is 0.736. The Balaban J connectivity index is 1.72. The average molecular weight is 274 g/mol. The molecule has 0 bridgehead atoms. The molecule has 2 heteroatoms. The molecule has 1 fully saturated rings. The Hall–Kier alpha value is -0.860. The molecular formula is C18H30N2. The number of benzene rings is 1. The zero-order valence-corrected chi connectivity index (χ0v) is 13.4. The van der Waals surface area contributed by atoms with Crippen LogP contribution in [-0.4, -0.2) is 31.1 Å². The summed E-state index contributed by atoms with van der Waals surface area (Å²) in [7, 11) is 0. The highest BCUT2D eigenvalue weighted by Gasteiger charge is 2.18. The highest BCUT2D eigenvalue weighted by atomic mass is 15.1. The molecule has 0 spiro atoms. The second-order valence-corrected chi connectivity index (χ2v) is 6.79. The summed E-state index contributed by atoms with van der Waals surface area (Å²) in [4.78, 5) is 2.57. The molecule has 0 aromatic heterocycles. The molecule has 20 heavy (non-hydrogen) atoms. The topological polar surface area (TPSA) is 15.3 Å². The molecule has 2 nitrogen and oxygen atoms in total. The van der Waals surface area contributed by atoms with Gasteiger partial charge in [-0.05, 0) is 55.4 Å². The second-order valence-electron chi connectivity index (χ2n) is 6.79. The zero-order chi connectivity index (χ0) is 14.4. The van der Waals surface area contributed by atoms with Crippen LogP contribution in [0.3, 0.4) is 0 Å². The van der Waals surface area contributed by atoms with Crippen LogP contribution in [0.1, 0.15) is 38.3 Å². The number of hydrogen-bond acceptors (Lipinski definition) is 2. The lowest BCUT2D eigenvalue weighted by molar-refractivity contribution is 0.320. The minimum Gasteiger partial charge on any atom is -0.316 e. The van der Waals surface area contributed by atoms with Crippen LogP contribution in [0.4, 0.5) is 0 Å². The van der Waals surface area contributed by atoms with Gasteiger partial charge in [-0.2, -0.15) is 0 Å². The molecule has 1 aromatic carbocycles.